The largest absolute Gasteiger partial charge is 0.391 e. The number of aliphatic hydroxyl groups is 1. The Balaban J connectivity index is 1.88. The molecule has 1 aromatic heterocycles. The Kier molecular flexibility index (Phi) is 4.17. The fourth-order valence-electron chi connectivity index (χ4n) is 2.95. The molecule has 122 valence electrons. The molecule has 3 rings (SSSR count). The van der Waals surface area contributed by atoms with E-state index in [1.165, 1.54) is 12.1 Å². The molecule has 1 aliphatic heterocycles. The van der Waals surface area contributed by atoms with Crippen LogP contribution in [-0.2, 0) is 0 Å². The second-order valence-electron chi connectivity index (χ2n) is 6.19. The summed E-state index contributed by atoms with van der Waals surface area (Å²) >= 11 is 0. The number of nitrogens with zero attached hydrogens (tertiary/aromatic N) is 3. The first-order valence-electron chi connectivity index (χ1n) is 7.75. The van der Waals surface area contributed by atoms with Gasteiger partial charge in [0.05, 0.1) is 12.1 Å². The number of carbonyl (C=O) groups is 1. The quantitative estimate of drug-likeness (QED) is 0.946. The second-order valence-corrected chi connectivity index (χ2v) is 6.19. The predicted octanol–water partition coefficient (Wildman–Crippen LogP) is 2.55. The van der Waals surface area contributed by atoms with Gasteiger partial charge in [0.15, 0.2) is 0 Å². The molecule has 0 saturated carbocycles. The molecule has 1 aliphatic rings. The maximum atomic E-state index is 13.5. The summed E-state index contributed by atoms with van der Waals surface area (Å²) in [5, 5.41) is 14.3. The lowest BCUT2D eigenvalue weighted by molar-refractivity contribution is 0.0708. The van der Waals surface area contributed by atoms with Gasteiger partial charge in [0.2, 0.25) is 0 Å². The van der Waals surface area contributed by atoms with Gasteiger partial charge >= 0.3 is 0 Å². The van der Waals surface area contributed by atoms with Crippen molar-refractivity contribution in [3.05, 3.63) is 53.6 Å². The van der Waals surface area contributed by atoms with Crippen LogP contribution in [0, 0.1) is 5.82 Å². The van der Waals surface area contributed by atoms with Gasteiger partial charge in [-0.15, -0.1) is 0 Å². The zero-order valence-corrected chi connectivity index (χ0v) is 13.2. The van der Waals surface area contributed by atoms with Crippen molar-refractivity contribution in [3.8, 4) is 0 Å². The molecule has 1 aromatic carbocycles. The number of aliphatic hydroxyl groups excluding tert-OH is 1. The molecule has 23 heavy (non-hydrogen) atoms. The van der Waals surface area contributed by atoms with Crippen molar-refractivity contribution in [2.45, 2.75) is 38.5 Å². The summed E-state index contributed by atoms with van der Waals surface area (Å²) in [4.78, 5) is 14.3. The molecular formula is C17H20FN3O2. The Hall–Kier alpha value is -2.21. The zero-order valence-electron chi connectivity index (χ0n) is 13.2. The fourth-order valence-corrected chi connectivity index (χ4v) is 2.95. The summed E-state index contributed by atoms with van der Waals surface area (Å²) in [6.45, 7) is 4.20. The molecule has 1 amide bonds. The summed E-state index contributed by atoms with van der Waals surface area (Å²) in [6.07, 6.45) is 1.56. The van der Waals surface area contributed by atoms with Gasteiger partial charge in [-0.2, -0.15) is 5.10 Å². The zero-order chi connectivity index (χ0) is 16.6. The predicted molar refractivity (Wildman–Crippen MR) is 83.4 cm³/mol. The number of hydrogen-bond acceptors (Lipinski definition) is 3. The standard InChI is InChI=1S/C17H20FN3O2/c1-11(2)21-7-6-15(19-21)17(23)20-10-14(22)9-16(20)12-4-3-5-13(18)8-12/h3-8,11,14,16,22H,9-10H2,1-2H3/t14-,16-/m1/s1. The van der Waals surface area contributed by atoms with E-state index in [0.717, 1.165) is 0 Å². The van der Waals surface area contributed by atoms with E-state index in [9.17, 15) is 14.3 Å². The van der Waals surface area contributed by atoms with E-state index in [0.29, 0.717) is 17.7 Å². The van der Waals surface area contributed by atoms with Gasteiger partial charge in [-0.1, -0.05) is 12.1 Å². The van der Waals surface area contributed by atoms with Gasteiger partial charge in [0.1, 0.15) is 11.5 Å². The van der Waals surface area contributed by atoms with Crippen molar-refractivity contribution in [1.82, 2.24) is 14.7 Å². The van der Waals surface area contributed by atoms with E-state index in [1.54, 1.807) is 34.0 Å². The van der Waals surface area contributed by atoms with Crippen molar-refractivity contribution >= 4 is 5.91 Å². The number of rotatable bonds is 3. The number of hydrogen-bond donors (Lipinski definition) is 1. The molecule has 0 radical (unpaired) electrons. The molecule has 1 fully saturated rings. The van der Waals surface area contributed by atoms with Gasteiger partial charge in [0, 0.05) is 18.8 Å². The third-order valence-corrected chi connectivity index (χ3v) is 4.13. The van der Waals surface area contributed by atoms with E-state index in [1.807, 2.05) is 13.8 Å². The van der Waals surface area contributed by atoms with Crippen molar-refractivity contribution in [1.29, 1.82) is 0 Å². The minimum atomic E-state index is -0.612. The lowest BCUT2D eigenvalue weighted by atomic mass is 10.0. The molecular weight excluding hydrogens is 297 g/mol. The van der Waals surface area contributed by atoms with Crippen molar-refractivity contribution in [2.75, 3.05) is 6.54 Å². The SMILES string of the molecule is CC(C)n1ccc(C(=O)N2C[C@H](O)C[C@@H]2c2cccc(F)c2)n1. The highest BCUT2D eigenvalue weighted by Crippen LogP contribution is 2.33. The second kappa shape index (κ2) is 6.12. The minimum absolute atomic E-state index is 0.166. The summed E-state index contributed by atoms with van der Waals surface area (Å²) < 4.78 is 15.2. The highest BCUT2D eigenvalue weighted by atomic mass is 19.1. The van der Waals surface area contributed by atoms with Gasteiger partial charge in [0.25, 0.3) is 5.91 Å². The van der Waals surface area contributed by atoms with Crippen LogP contribution < -0.4 is 0 Å². The molecule has 5 nitrogen and oxygen atoms in total. The van der Waals surface area contributed by atoms with E-state index in [2.05, 4.69) is 5.10 Å². The van der Waals surface area contributed by atoms with Crippen molar-refractivity contribution in [3.63, 3.8) is 0 Å². The molecule has 2 aromatic rings. The van der Waals surface area contributed by atoms with Crippen LogP contribution in [0.2, 0.25) is 0 Å². The monoisotopic (exact) mass is 317 g/mol. The highest BCUT2D eigenvalue weighted by Gasteiger charge is 2.36. The summed E-state index contributed by atoms with van der Waals surface area (Å²) in [5.74, 6) is -0.587. The van der Waals surface area contributed by atoms with Gasteiger partial charge < -0.3 is 10.0 Å². The van der Waals surface area contributed by atoms with Crippen molar-refractivity contribution < 1.29 is 14.3 Å². The lowest BCUT2D eigenvalue weighted by Crippen LogP contribution is -2.32. The van der Waals surface area contributed by atoms with Gasteiger partial charge in [-0.25, -0.2) is 4.39 Å². The number of β-amino-alcohol motifs (C(OH)–C–C–N with tert-alkyl or cyclic N) is 1. The molecule has 0 unspecified atom stereocenters. The Morgan fingerprint density at radius 1 is 1.39 bits per heavy atom. The van der Waals surface area contributed by atoms with Crippen LogP contribution in [0.5, 0.6) is 0 Å². The number of likely N-dealkylation sites (tertiary alicyclic amines) is 1. The van der Waals surface area contributed by atoms with Crippen LogP contribution in [0.4, 0.5) is 4.39 Å². The van der Waals surface area contributed by atoms with Crippen molar-refractivity contribution in [2.24, 2.45) is 0 Å². The van der Waals surface area contributed by atoms with Crippen LogP contribution in [0.15, 0.2) is 36.5 Å². The van der Waals surface area contributed by atoms with E-state index in [-0.39, 0.29) is 30.4 Å². The number of carbonyl (C=O) groups excluding carboxylic acids is 1. The van der Waals surface area contributed by atoms with Gasteiger partial charge in [-0.05, 0) is 44.0 Å². The maximum absolute atomic E-state index is 13.5. The topological polar surface area (TPSA) is 58.4 Å². The highest BCUT2D eigenvalue weighted by molar-refractivity contribution is 5.92. The maximum Gasteiger partial charge on any atom is 0.274 e. The minimum Gasteiger partial charge on any atom is -0.391 e. The van der Waals surface area contributed by atoms with E-state index >= 15 is 0 Å². The Bertz CT molecular complexity index is 713. The summed E-state index contributed by atoms with van der Waals surface area (Å²) in [6, 6.07) is 7.68. The molecule has 0 spiro atoms. The number of benzene rings is 1. The lowest BCUT2D eigenvalue weighted by Gasteiger charge is -2.24. The first-order valence-corrected chi connectivity index (χ1v) is 7.75. The normalized spacial score (nSPS) is 21.2. The van der Waals surface area contributed by atoms with Crippen LogP contribution in [0.1, 0.15) is 48.4 Å². The van der Waals surface area contributed by atoms with Crippen LogP contribution in [0.25, 0.3) is 0 Å². The average Bonchev–Trinajstić information content (AvgIpc) is 3.13. The molecule has 6 heteroatoms. The third-order valence-electron chi connectivity index (χ3n) is 4.13. The Labute approximate surface area is 134 Å². The van der Waals surface area contributed by atoms with Gasteiger partial charge in [-0.3, -0.25) is 9.48 Å². The summed E-state index contributed by atoms with van der Waals surface area (Å²) in [5.41, 5.74) is 1.03. The molecule has 2 atom stereocenters. The molecule has 1 N–H and O–H groups in total. The molecule has 0 aliphatic carbocycles. The number of halogens is 1. The average molecular weight is 317 g/mol. The molecule has 0 bridgehead atoms. The molecule has 1 saturated heterocycles. The Morgan fingerprint density at radius 3 is 2.83 bits per heavy atom. The van der Waals surface area contributed by atoms with E-state index in [4.69, 9.17) is 0 Å². The Morgan fingerprint density at radius 2 is 2.17 bits per heavy atom. The first-order chi connectivity index (χ1) is 11.0. The van der Waals surface area contributed by atoms with Crippen LogP contribution in [0.3, 0.4) is 0 Å². The van der Waals surface area contributed by atoms with Crippen LogP contribution in [-0.4, -0.2) is 38.3 Å². The number of aromatic nitrogens is 2. The first kappa shape index (κ1) is 15.7. The number of amides is 1. The van der Waals surface area contributed by atoms with Crippen LogP contribution >= 0.6 is 0 Å². The molecule has 2 heterocycles. The third kappa shape index (κ3) is 3.12. The van der Waals surface area contributed by atoms with E-state index < -0.39 is 6.10 Å². The summed E-state index contributed by atoms with van der Waals surface area (Å²) in [7, 11) is 0. The smallest absolute Gasteiger partial charge is 0.274 e. The fraction of sp³-hybridized carbons (Fsp3) is 0.412.